The molecule has 1 aliphatic rings. The van der Waals surface area contributed by atoms with Gasteiger partial charge in [0.05, 0.1) is 11.6 Å². The lowest BCUT2D eigenvalue weighted by atomic mass is 10.1. The molecule has 2 heterocycles. The van der Waals surface area contributed by atoms with Crippen LogP contribution < -0.4 is 5.32 Å². The maximum absolute atomic E-state index is 10.9. The molecule has 0 aliphatic carbocycles. The molecule has 0 bridgehead atoms. The Balaban J connectivity index is 1.97. The number of carboxylic acids is 1. The monoisotopic (exact) mass is 246 g/mol. The number of carbonyl (C=O) groups is 1. The number of benzene rings is 1. The Bertz CT molecular complexity index is 585. The van der Waals surface area contributed by atoms with Gasteiger partial charge in [0.15, 0.2) is 5.58 Å². The third kappa shape index (κ3) is 1.97. The molecule has 18 heavy (non-hydrogen) atoms. The van der Waals surface area contributed by atoms with Gasteiger partial charge in [-0.3, -0.25) is 0 Å². The number of aromatic carboxylic acids is 1. The number of aromatic nitrogens is 1. The van der Waals surface area contributed by atoms with E-state index in [4.69, 9.17) is 9.52 Å². The molecule has 2 aromatic rings. The van der Waals surface area contributed by atoms with E-state index in [0.29, 0.717) is 17.0 Å². The first-order valence-corrected chi connectivity index (χ1v) is 6.11. The van der Waals surface area contributed by atoms with Gasteiger partial charge in [-0.1, -0.05) is 6.42 Å². The van der Waals surface area contributed by atoms with Gasteiger partial charge < -0.3 is 14.8 Å². The van der Waals surface area contributed by atoms with Gasteiger partial charge >= 0.3 is 5.97 Å². The van der Waals surface area contributed by atoms with Crippen LogP contribution in [0.25, 0.3) is 11.1 Å². The van der Waals surface area contributed by atoms with Gasteiger partial charge in [0.1, 0.15) is 5.52 Å². The minimum absolute atomic E-state index is 0.152. The van der Waals surface area contributed by atoms with E-state index in [1.54, 1.807) is 12.1 Å². The predicted molar refractivity (Wildman–Crippen MR) is 65.6 cm³/mol. The summed E-state index contributed by atoms with van der Waals surface area (Å²) in [5.74, 6) is -0.294. The van der Waals surface area contributed by atoms with Crippen molar-refractivity contribution in [2.24, 2.45) is 0 Å². The molecule has 1 saturated heterocycles. The van der Waals surface area contributed by atoms with E-state index in [1.807, 2.05) is 0 Å². The van der Waals surface area contributed by atoms with E-state index < -0.39 is 5.97 Å². The molecule has 1 aliphatic heterocycles. The number of carboxylic acid groups (broad SMARTS) is 1. The summed E-state index contributed by atoms with van der Waals surface area (Å²) < 4.78 is 5.66. The van der Waals surface area contributed by atoms with Gasteiger partial charge in [-0.25, -0.2) is 9.78 Å². The van der Waals surface area contributed by atoms with E-state index in [0.717, 1.165) is 19.4 Å². The molecule has 1 aromatic heterocycles. The fourth-order valence-corrected chi connectivity index (χ4v) is 2.29. The second kappa shape index (κ2) is 4.42. The highest BCUT2D eigenvalue weighted by Crippen LogP contribution is 2.26. The third-order valence-electron chi connectivity index (χ3n) is 3.26. The highest BCUT2D eigenvalue weighted by molar-refractivity contribution is 5.91. The topological polar surface area (TPSA) is 75.4 Å². The van der Waals surface area contributed by atoms with E-state index in [9.17, 15) is 4.79 Å². The predicted octanol–water partition coefficient (Wildman–Crippen LogP) is 2.34. The Morgan fingerprint density at radius 1 is 1.44 bits per heavy atom. The summed E-state index contributed by atoms with van der Waals surface area (Å²) >= 11 is 0. The van der Waals surface area contributed by atoms with Crippen LogP contribution in [0.3, 0.4) is 0 Å². The second-order valence-electron chi connectivity index (χ2n) is 4.54. The number of rotatable bonds is 2. The summed E-state index contributed by atoms with van der Waals surface area (Å²) in [4.78, 5) is 15.3. The molecular formula is C13H14N2O3. The van der Waals surface area contributed by atoms with Crippen molar-refractivity contribution in [2.45, 2.75) is 25.3 Å². The zero-order chi connectivity index (χ0) is 12.5. The van der Waals surface area contributed by atoms with Crippen LogP contribution in [-0.2, 0) is 0 Å². The van der Waals surface area contributed by atoms with Crippen LogP contribution in [0.2, 0.25) is 0 Å². The maximum Gasteiger partial charge on any atom is 0.335 e. The Hall–Kier alpha value is -1.88. The molecule has 0 saturated carbocycles. The number of hydrogen-bond acceptors (Lipinski definition) is 4. The van der Waals surface area contributed by atoms with Crippen LogP contribution in [0.15, 0.2) is 22.6 Å². The van der Waals surface area contributed by atoms with Crippen molar-refractivity contribution in [3.8, 4) is 0 Å². The van der Waals surface area contributed by atoms with Crippen LogP contribution in [-0.4, -0.2) is 22.6 Å². The standard InChI is InChI=1S/C13H14N2O3/c16-13(17)8-4-5-9-11(7-8)18-12(15-9)10-3-1-2-6-14-10/h4-5,7,10,14H,1-3,6H2,(H,16,17). The molecule has 5 heteroatoms. The molecule has 0 spiro atoms. The molecular weight excluding hydrogens is 232 g/mol. The zero-order valence-corrected chi connectivity index (χ0v) is 9.85. The fraction of sp³-hybridized carbons (Fsp3) is 0.385. The lowest BCUT2D eigenvalue weighted by Gasteiger charge is -2.19. The lowest BCUT2D eigenvalue weighted by molar-refractivity contribution is 0.0697. The molecule has 0 amide bonds. The Morgan fingerprint density at radius 2 is 2.33 bits per heavy atom. The number of nitrogens with zero attached hydrogens (tertiary/aromatic N) is 1. The zero-order valence-electron chi connectivity index (χ0n) is 9.85. The fourth-order valence-electron chi connectivity index (χ4n) is 2.29. The van der Waals surface area contributed by atoms with Gasteiger partial charge in [-0.05, 0) is 37.6 Å². The van der Waals surface area contributed by atoms with Crippen LogP contribution in [0.5, 0.6) is 0 Å². The SMILES string of the molecule is O=C(O)c1ccc2nc(C3CCCCN3)oc2c1. The second-order valence-corrected chi connectivity index (χ2v) is 4.54. The highest BCUT2D eigenvalue weighted by atomic mass is 16.4. The molecule has 3 rings (SSSR count). The third-order valence-corrected chi connectivity index (χ3v) is 3.26. The van der Waals surface area contributed by atoms with Crippen molar-refractivity contribution in [1.82, 2.24) is 10.3 Å². The number of piperidine rings is 1. The van der Waals surface area contributed by atoms with Crippen molar-refractivity contribution in [3.63, 3.8) is 0 Å². The van der Waals surface area contributed by atoms with E-state index in [1.165, 1.54) is 12.5 Å². The van der Waals surface area contributed by atoms with E-state index in [-0.39, 0.29) is 11.6 Å². The summed E-state index contributed by atoms with van der Waals surface area (Å²) in [7, 11) is 0. The molecule has 0 radical (unpaired) electrons. The number of nitrogens with one attached hydrogen (secondary N) is 1. The number of oxazole rings is 1. The van der Waals surface area contributed by atoms with Crippen molar-refractivity contribution in [3.05, 3.63) is 29.7 Å². The van der Waals surface area contributed by atoms with Gasteiger partial charge in [0, 0.05) is 0 Å². The van der Waals surface area contributed by atoms with Gasteiger partial charge in [0.25, 0.3) is 0 Å². The molecule has 94 valence electrons. The lowest BCUT2D eigenvalue weighted by Crippen LogP contribution is -2.26. The minimum atomic E-state index is -0.953. The summed E-state index contributed by atoms with van der Waals surface area (Å²) in [5.41, 5.74) is 1.47. The van der Waals surface area contributed by atoms with Crippen molar-refractivity contribution >= 4 is 17.1 Å². The van der Waals surface area contributed by atoms with Crippen molar-refractivity contribution in [2.75, 3.05) is 6.54 Å². The first kappa shape index (κ1) is 11.2. The first-order chi connectivity index (χ1) is 8.74. The minimum Gasteiger partial charge on any atom is -0.478 e. The van der Waals surface area contributed by atoms with E-state index >= 15 is 0 Å². The van der Waals surface area contributed by atoms with Crippen molar-refractivity contribution in [1.29, 1.82) is 0 Å². The summed E-state index contributed by atoms with van der Waals surface area (Å²) in [5, 5.41) is 12.3. The molecule has 5 nitrogen and oxygen atoms in total. The summed E-state index contributed by atoms with van der Waals surface area (Å²) in [6, 6.07) is 4.91. The normalized spacial score (nSPS) is 20.1. The van der Waals surface area contributed by atoms with E-state index in [2.05, 4.69) is 10.3 Å². The number of fused-ring (bicyclic) bond motifs is 1. The van der Waals surface area contributed by atoms with Crippen LogP contribution in [0, 0.1) is 0 Å². The maximum atomic E-state index is 10.9. The summed E-state index contributed by atoms with van der Waals surface area (Å²) in [6.45, 7) is 0.976. The number of hydrogen-bond donors (Lipinski definition) is 2. The Labute approximate surface area is 104 Å². The highest BCUT2D eigenvalue weighted by Gasteiger charge is 2.20. The van der Waals surface area contributed by atoms with Gasteiger partial charge in [-0.15, -0.1) is 0 Å². The van der Waals surface area contributed by atoms with Crippen molar-refractivity contribution < 1.29 is 14.3 Å². The summed E-state index contributed by atoms with van der Waals surface area (Å²) in [6.07, 6.45) is 3.36. The van der Waals surface area contributed by atoms with Crippen LogP contribution in [0.1, 0.15) is 41.6 Å². The largest absolute Gasteiger partial charge is 0.478 e. The molecule has 1 atom stereocenters. The first-order valence-electron chi connectivity index (χ1n) is 6.11. The molecule has 2 N–H and O–H groups in total. The Morgan fingerprint density at radius 3 is 3.06 bits per heavy atom. The molecule has 1 aromatic carbocycles. The van der Waals surface area contributed by atoms with Crippen LogP contribution in [0.4, 0.5) is 0 Å². The average Bonchev–Trinajstić information content (AvgIpc) is 2.82. The van der Waals surface area contributed by atoms with Gasteiger partial charge in [0.2, 0.25) is 5.89 Å². The quantitative estimate of drug-likeness (QED) is 0.850. The molecule has 1 fully saturated rings. The average molecular weight is 246 g/mol. The van der Waals surface area contributed by atoms with Gasteiger partial charge in [-0.2, -0.15) is 0 Å². The smallest absolute Gasteiger partial charge is 0.335 e. The Kier molecular flexibility index (Phi) is 2.76. The van der Waals surface area contributed by atoms with Crippen LogP contribution >= 0.6 is 0 Å². The molecule has 1 unspecified atom stereocenters.